The highest BCUT2D eigenvalue weighted by Crippen LogP contribution is 2.14. The van der Waals surface area contributed by atoms with Crippen LogP contribution in [0, 0.1) is 0 Å². The van der Waals surface area contributed by atoms with Gasteiger partial charge >= 0.3 is 12.1 Å². The Bertz CT molecular complexity index is 232. The molecular weight excluding hydrogens is 247 g/mol. The molecule has 0 radical (unpaired) electrons. The lowest BCUT2D eigenvalue weighted by Gasteiger charge is -2.18. The van der Waals surface area contributed by atoms with Gasteiger partial charge in [-0.05, 0) is 13.3 Å². The van der Waals surface area contributed by atoms with Crippen LogP contribution < -0.4 is 5.32 Å². The van der Waals surface area contributed by atoms with E-state index in [1.54, 1.807) is 6.92 Å². The quantitative estimate of drug-likeness (QED) is 0.516. The van der Waals surface area contributed by atoms with Crippen molar-refractivity contribution >= 4 is 5.97 Å². The first kappa shape index (κ1) is 17.2. The van der Waals surface area contributed by atoms with E-state index < -0.39 is 24.7 Å². The molecule has 0 bridgehead atoms. The number of hydrogen-bond donors (Lipinski definition) is 1. The molecule has 0 aromatic carbocycles. The summed E-state index contributed by atoms with van der Waals surface area (Å²) in [6, 6.07) is -0.858. The Labute approximate surface area is 106 Å². The van der Waals surface area contributed by atoms with Crippen molar-refractivity contribution in [2.75, 3.05) is 13.2 Å². The molecule has 1 unspecified atom stereocenters. The van der Waals surface area contributed by atoms with Crippen molar-refractivity contribution in [1.29, 1.82) is 0 Å². The molecule has 0 heterocycles. The molecule has 1 N–H and O–H groups in total. The average Bonchev–Trinajstić information content (AvgIpc) is 2.27. The van der Waals surface area contributed by atoms with Gasteiger partial charge in [-0.2, -0.15) is 13.2 Å². The zero-order valence-electron chi connectivity index (χ0n) is 11.0. The van der Waals surface area contributed by atoms with Gasteiger partial charge in [0.05, 0.1) is 13.2 Å². The van der Waals surface area contributed by atoms with Crippen LogP contribution in [0.5, 0.6) is 0 Å². The predicted octanol–water partition coefficient (Wildman–Crippen LogP) is 3.04. The first-order valence-corrected chi connectivity index (χ1v) is 6.37. The summed E-state index contributed by atoms with van der Waals surface area (Å²) in [6.07, 6.45) is -0.222. The van der Waals surface area contributed by atoms with Gasteiger partial charge in [-0.1, -0.05) is 32.6 Å². The average molecular weight is 269 g/mol. The third-order valence-electron chi connectivity index (χ3n) is 2.47. The van der Waals surface area contributed by atoms with Crippen LogP contribution in [-0.4, -0.2) is 31.3 Å². The lowest BCUT2D eigenvalue weighted by atomic mass is 10.1. The molecule has 0 fully saturated rings. The second-order valence-electron chi connectivity index (χ2n) is 4.15. The van der Waals surface area contributed by atoms with E-state index in [9.17, 15) is 18.0 Å². The third kappa shape index (κ3) is 9.27. The molecular formula is C12H22F3NO2. The molecule has 0 saturated carbocycles. The molecule has 0 aliphatic heterocycles. The lowest BCUT2D eigenvalue weighted by Crippen LogP contribution is -2.42. The van der Waals surface area contributed by atoms with Crippen LogP contribution in [0.3, 0.4) is 0 Å². The van der Waals surface area contributed by atoms with Crippen LogP contribution in [0.1, 0.15) is 46.0 Å². The molecule has 108 valence electrons. The summed E-state index contributed by atoms with van der Waals surface area (Å²) < 4.78 is 41.0. The van der Waals surface area contributed by atoms with Crippen LogP contribution in [0.4, 0.5) is 13.2 Å². The predicted molar refractivity (Wildman–Crippen MR) is 63.2 cm³/mol. The number of halogens is 3. The maximum absolute atomic E-state index is 12.1. The Morgan fingerprint density at radius 1 is 1.22 bits per heavy atom. The number of ether oxygens (including phenoxy) is 1. The maximum Gasteiger partial charge on any atom is 0.401 e. The smallest absolute Gasteiger partial charge is 0.401 e. The van der Waals surface area contributed by atoms with Gasteiger partial charge in [0, 0.05) is 0 Å². The largest absolute Gasteiger partial charge is 0.465 e. The Hall–Kier alpha value is -0.780. The molecule has 0 saturated heterocycles. The molecule has 18 heavy (non-hydrogen) atoms. The minimum atomic E-state index is -4.31. The minimum Gasteiger partial charge on any atom is -0.465 e. The van der Waals surface area contributed by atoms with E-state index >= 15 is 0 Å². The van der Waals surface area contributed by atoms with Crippen LogP contribution in [0.25, 0.3) is 0 Å². The number of unbranched alkanes of at least 4 members (excludes halogenated alkanes) is 3. The Morgan fingerprint density at radius 2 is 1.89 bits per heavy atom. The maximum atomic E-state index is 12.1. The van der Waals surface area contributed by atoms with Gasteiger partial charge in [0.15, 0.2) is 0 Å². The van der Waals surface area contributed by atoms with Crippen molar-refractivity contribution in [1.82, 2.24) is 5.32 Å². The standard InChI is InChI=1S/C12H22F3NO2/c1-3-5-6-7-8-10(11(17)18-4-2)16-9-12(13,14)15/h10,16H,3-9H2,1-2H3. The zero-order chi connectivity index (χ0) is 14.0. The summed E-state index contributed by atoms with van der Waals surface area (Å²) in [5.74, 6) is -0.599. The third-order valence-corrected chi connectivity index (χ3v) is 2.47. The molecule has 0 aliphatic rings. The minimum absolute atomic E-state index is 0.179. The second-order valence-corrected chi connectivity index (χ2v) is 4.15. The number of hydrogen-bond acceptors (Lipinski definition) is 3. The number of carbonyl (C=O) groups excluding carboxylic acids is 1. The normalized spacial score (nSPS) is 13.4. The van der Waals surface area contributed by atoms with Crippen molar-refractivity contribution in [3.63, 3.8) is 0 Å². The first-order chi connectivity index (χ1) is 8.40. The van der Waals surface area contributed by atoms with E-state index in [4.69, 9.17) is 4.74 Å². The van der Waals surface area contributed by atoms with Gasteiger partial charge in [0.25, 0.3) is 0 Å². The van der Waals surface area contributed by atoms with Crippen LogP contribution >= 0.6 is 0 Å². The fraction of sp³-hybridized carbons (Fsp3) is 0.917. The highest BCUT2D eigenvalue weighted by Gasteiger charge is 2.30. The van der Waals surface area contributed by atoms with Gasteiger partial charge in [0.2, 0.25) is 0 Å². The molecule has 0 aromatic rings. The molecule has 1 atom stereocenters. The van der Waals surface area contributed by atoms with E-state index in [0.717, 1.165) is 25.7 Å². The number of rotatable bonds is 9. The summed E-state index contributed by atoms with van der Waals surface area (Å²) in [5.41, 5.74) is 0. The first-order valence-electron chi connectivity index (χ1n) is 6.37. The number of carbonyl (C=O) groups is 1. The van der Waals surface area contributed by atoms with E-state index in [0.29, 0.717) is 6.42 Å². The summed E-state index contributed by atoms with van der Waals surface area (Å²) >= 11 is 0. The molecule has 3 nitrogen and oxygen atoms in total. The Kier molecular flexibility index (Phi) is 8.79. The molecule has 0 aliphatic carbocycles. The van der Waals surface area contributed by atoms with Gasteiger partial charge in [-0.15, -0.1) is 0 Å². The highest BCUT2D eigenvalue weighted by atomic mass is 19.4. The van der Waals surface area contributed by atoms with Crippen molar-refractivity contribution in [3.05, 3.63) is 0 Å². The van der Waals surface area contributed by atoms with Crippen LogP contribution in [0.15, 0.2) is 0 Å². The fourth-order valence-electron chi connectivity index (χ4n) is 1.56. The van der Waals surface area contributed by atoms with Gasteiger partial charge < -0.3 is 4.74 Å². The summed E-state index contributed by atoms with van der Waals surface area (Å²) in [4.78, 5) is 11.5. The van der Waals surface area contributed by atoms with Gasteiger partial charge in [-0.25, -0.2) is 0 Å². The Morgan fingerprint density at radius 3 is 2.39 bits per heavy atom. The second kappa shape index (κ2) is 9.19. The summed E-state index contributed by atoms with van der Waals surface area (Å²) in [5, 5.41) is 2.22. The van der Waals surface area contributed by atoms with E-state index in [1.165, 1.54) is 0 Å². The van der Waals surface area contributed by atoms with Crippen LogP contribution in [-0.2, 0) is 9.53 Å². The van der Waals surface area contributed by atoms with Crippen molar-refractivity contribution in [2.45, 2.75) is 58.2 Å². The topological polar surface area (TPSA) is 38.3 Å². The van der Waals surface area contributed by atoms with Crippen LogP contribution in [0.2, 0.25) is 0 Å². The van der Waals surface area contributed by atoms with Gasteiger partial charge in [-0.3, -0.25) is 10.1 Å². The van der Waals surface area contributed by atoms with E-state index in [1.807, 2.05) is 6.92 Å². The highest BCUT2D eigenvalue weighted by molar-refractivity contribution is 5.75. The summed E-state index contributed by atoms with van der Waals surface area (Å²) in [7, 11) is 0. The monoisotopic (exact) mass is 269 g/mol. The Balaban J connectivity index is 4.12. The molecule has 0 rings (SSSR count). The van der Waals surface area contributed by atoms with Crippen molar-refractivity contribution in [3.8, 4) is 0 Å². The van der Waals surface area contributed by atoms with E-state index in [2.05, 4.69) is 5.32 Å². The van der Waals surface area contributed by atoms with Crippen molar-refractivity contribution < 1.29 is 22.7 Å². The zero-order valence-corrected chi connectivity index (χ0v) is 11.0. The summed E-state index contributed by atoms with van der Waals surface area (Å²) in [6.45, 7) is 2.70. The van der Waals surface area contributed by atoms with E-state index in [-0.39, 0.29) is 6.61 Å². The molecule has 6 heteroatoms. The molecule has 0 amide bonds. The SMILES string of the molecule is CCCCCCC(NCC(F)(F)F)C(=O)OCC. The van der Waals surface area contributed by atoms with Gasteiger partial charge in [0.1, 0.15) is 6.04 Å². The number of esters is 1. The molecule has 0 aromatic heterocycles. The molecule has 0 spiro atoms. The lowest BCUT2D eigenvalue weighted by molar-refractivity contribution is -0.149. The number of alkyl halides is 3. The fourth-order valence-corrected chi connectivity index (χ4v) is 1.56. The van der Waals surface area contributed by atoms with Crippen molar-refractivity contribution in [2.24, 2.45) is 0 Å². The number of nitrogens with one attached hydrogen (secondary N) is 1.